The molecule has 10 heteroatoms. The first-order chi connectivity index (χ1) is 15.2. The maximum absolute atomic E-state index is 13.8. The summed E-state index contributed by atoms with van der Waals surface area (Å²) in [7, 11) is 0. The van der Waals surface area contributed by atoms with E-state index in [2.05, 4.69) is 15.2 Å². The number of carbonyl (C=O) groups is 1. The number of hydrogen-bond donors (Lipinski definition) is 0. The molecule has 1 fully saturated rings. The number of amides is 1. The minimum Gasteiger partial charge on any atom is -0.338 e. The molecule has 1 aliphatic heterocycles. The predicted molar refractivity (Wildman–Crippen MR) is 111 cm³/mol. The maximum atomic E-state index is 13.8. The third kappa shape index (κ3) is 4.10. The van der Waals surface area contributed by atoms with Gasteiger partial charge in [-0.1, -0.05) is 19.0 Å². The van der Waals surface area contributed by atoms with Gasteiger partial charge in [0.15, 0.2) is 0 Å². The van der Waals surface area contributed by atoms with Crippen LogP contribution in [0.4, 0.5) is 13.2 Å². The van der Waals surface area contributed by atoms with E-state index in [1.165, 1.54) is 0 Å². The number of carbonyl (C=O) groups excluding carboxylic acids is 1. The summed E-state index contributed by atoms with van der Waals surface area (Å²) in [5, 5.41) is 8.28. The monoisotopic (exact) mass is 449 g/mol. The third-order valence-corrected chi connectivity index (χ3v) is 5.92. The van der Waals surface area contributed by atoms with Gasteiger partial charge in [-0.25, -0.2) is 4.98 Å². The minimum atomic E-state index is -4.56. The topological polar surface area (TPSA) is 77.0 Å². The van der Waals surface area contributed by atoms with Crippen molar-refractivity contribution in [2.24, 2.45) is 0 Å². The molecule has 32 heavy (non-hydrogen) atoms. The van der Waals surface area contributed by atoms with Crippen molar-refractivity contribution in [2.75, 3.05) is 13.1 Å². The van der Waals surface area contributed by atoms with Crippen LogP contribution in [0, 0.1) is 6.92 Å². The second kappa shape index (κ2) is 8.55. The predicted octanol–water partition coefficient (Wildman–Crippen LogP) is 4.74. The van der Waals surface area contributed by atoms with Crippen LogP contribution in [0.2, 0.25) is 0 Å². The highest BCUT2D eigenvalue weighted by Crippen LogP contribution is 2.40. The van der Waals surface area contributed by atoms with Crippen LogP contribution < -0.4 is 0 Å². The highest BCUT2D eigenvalue weighted by Gasteiger charge is 2.38. The van der Waals surface area contributed by atoms with Gasteiger partial charge < -0.3 is 9.42 Å². The number of hydrogen-bond acceptors (Lipinski definition) is 5. The number of piperidine rings is 1. The lowest BCUT2D eigenvalue weighted by Crippen LogP contribution is -2.39. The van der Waals surface area contributed by atoms with E-state index in [0.29, 0.717) is 49.3 Å². The van der Waals surface area contributed by atoms with E-state index in [4.69, 9.17) is 4.52 Å². The van der Waals surface area contributed by atoms with Gasteiger partial charge in [-0.15, -0.1) is 0 Å². The van der Waals surface area contributed by atoms with Crippen LogP contribution in [-0.2, 0) is 19.1 Å². The van der Waals surface area contributed by atoms with Crippen LogP contribution in [0.25, 0.3) is 11.1 Å². The molecule has 4 heterocycles. The van der Waals surface area contributed by atoms with Gasteiger partial charge in [-0.2, -0.15) is 18.3 Å². The van der Waals surface area contributed by atoms with Gasteiger partial charge in [0.05, 0.1) is 27.9 Å². The number of rotatable bonds is 5. The van der Waals surface area contributed by atoms with Crippen LogP contribution in [0.15, 0.2) is 16.8 Å². The first-order valence-corrected chi connectivity index (χ1v) is 10.9. The Balaban J connectivity index is 1.66. The zero-order valence-electron chi connectivity index (χ0n) is 18.4. The Hall–Kier alpha value is -2.91. The Morgan fingerprint density at radius 3 is 2.78 bits per heavy atom. The van der Waals surface area contributed by atoms with E-state index in [1.807, 2.05) is 6.92 Å². The zero-order valence-corrected chi connectivity index (χ0v) is 18.4. The normalized spacial score (nSPS) is 17.3. The van der Waals surface area contributed by atoms with E-state index in [0.717, 1.165) is 12.5 Å². The standard InChI is InChI=1S/C22H26F3N5O2/c1-4-8-30-12-16(13(3)27-30)21(31)29-9-6-7-14(11-29)19-18-17(22(23,24)25)10-15(5-2)26-20(18)32-28-19/h10,12,14H,4-9,11H2,1-3H3/t14-/m1/s1. The third-order valence-electron chi connectivity index (χ3n) is 5.92. The van der Waals surface area contributed by atoms with E-state index in [-0.39, 0.29) is 35.2 Å². The molecule has 7 nitrogen and oxygen atoms in total. The fourth-order valence-corrected chi connectivity index (χ4v) is 4.33. The molecule has 172 valence electrons. The maximum Gasteiger partial charge on any atom is 0.417 e. The zero-order chi connectivity index (χ0) is 23.0. The summed E-state index contributed by atoms with van der Waals surface area (Å²) in [6.45, 7) is 7.08. The molecule has 3 aromatic rings. The number of pyridine rings is 1. The summed E-state index contributed by atoms with van der Waals surface area (Å²) < 4.78 is 48.5. The molecule has 0 spiro atoms. The van der Waals surface area contributed by atoms with Crippen molar-refractivity contribution in [3.8, 4) is 0 Å². The summed E-state index contributed by atoms with van der Waals surface area (Å²) in [4.78, 5) is 19.0. The molecule has 1 aliphatic rings. The van der Waals surface area contributed by atoms with E-state index >= 15 is 0 Å². The molecule has 0 aromatic carbocycles. The highest BCUT2D eigenvalue weighted by molar-refractivity contribution is 5.95. The van der Waals surface area contributed by atoms with Crippen molar-refractivity contribution in [3.63, 3.8) is 0 Å². The van der Waals surface area contributed by atoms with Crippen LogP contribution in [0.1, 0.15) is 72.0 Å². The molecule has 4 rings (SSSR count). The Kier molecular flexibility index (Phi) is 5.96. The Labute approximate surface area is 183 Å². The fraction of sp³-hybridized carbons (Fsp3) is 0.545. The van der Waals surface area contributed by atoms with E-state index < -0.39 is 11.7 Å². The van der Waals surface area contributed by atoms with Crippen LogP contribution in [0.3, 0.4) is 0 Å². The second-order valence-corrected chi connectivity index (χ2v) is 8.24. The average molecular weight is 449 g/mol. The van der Waals surface area contributed by atoms with Crippen molar-refractivity contribution in [1.82, 2.24) is 24.8 Å². The Morgan fingerprint density at radius 1 is 1.31 bits per heavy atom. The molecule has 0 radical (unpaired) electrons. The molecular formula is C22H26F3N5O2. The van der Waals surface area contributed by atoms with Crippen molar-refractivity contribution in [2.45, 2.75) is 65.1 Å². The van der Waals surface area contributed by atoms with Crippen LogP contribution in [-0.4, -0.2) is 43.8 Å². The van der Waals surface area contributed by atoms with E-state index in [9.17, 15) is 18.0 Å². The van der Waals surface area contributed by atoms with Gasteiger partial charge in [0.2, 0.25) is 0 Å². The van der Waals surface area contributed by atoms with Gasteiger partial charge in [0, 0.05) is 37.4 Å². The summed E-state index contributed by atoms with van der Waals surface area (Å²) in [6, 6.07) is 1.07. The molecule has 0 N–H and O–H groups in total. The largest absolute Gasteiger partial charge is 0.417 e. The minimum absolute atomic E-state index is 0.0963. The summed E-state index contributed by atoms with van der Waals surface area (Å²) >= 11 is 0. The smallest absolute Gasteiger partial charge is 0.338 e. The number of alkyl halides is 3. The molecular weight excluding hydrogens is 423 g/mol. The first-order valence-electron chi connectivity index (χ1n) is 10.9. The average Bonchev–Trinajstić information content (AvgIpc) is 3.35. The molecule has 0 bridgehead atoms. The SMILES string of the molecule is CCCn1cc(C(=O)N2CCC[C@@H](c3noc4nc(CC)cc(C(F)(F)F)c34)C2)c(C)n1. The van der Waals surface area contributed by atoms with Crippen molar-refractivity contribution < 1.29 is 22.5 Å². The molecule has 0 aliphatic carbocycles. The van der Waals surface area contributed by atoms with Gasteiger partial charge in [0.1, 0.15) is 0 Å². The first kappa shape index (κ1) is 22.3. The van der Waals surface area contributed by atoms with Crippen LogP contribution >= 0.6 is 0 Å². The molecule has 1 saturated heterocycles. The second-order valence-electron chi connectivity index (χ2n) is 8.24. The summed E-state index contributed by atoms with van der Waals surface area (Å²) in [5.41, 5.74) is 0.802. The summed E-state index contributed by atoms with van der Waals surface area (Å²) in [5.74, 6) is -0.528. The number of fused-ring (bicyclic) bond motifs is 1. The molecule has 3 aromatic heterocycles. The molecule has 0 unspecified atom stereocenters. The van der Waals surface area contributed by atoms with Gasteiger partial charge >= 0.3 is 6.18 Å². The fourth-order valence-electron chi connectivity index (χ4n) is 4.33. The van der Waals surface area contributed by atoms with Crippen LogP contribution in [0.5, 0.6) is 0 Å². The van der Waals surface area contributed by atoms with E-state index in [1.54, 1.807) is 29.6 Å². The Bertz CT molecular complexity index is 1130. The molecule has 1 atom stereocenters. The van der Waals surface area contributed by atoms with Crippen molar-refractivity contribution >= 4 is 17.0 Å². The number of likely N-dealkylation sites (tertiary alicyclic amines) is 1. The lowest BCUT2D eigenvalue weighted by atomic mass is 9.91. The van der Waals surface area contributed by atoms with Gasteiger partial charge in [0.25, 0.3) is 11.6 Å². The molecule has 0 saturated carbocycles. The van der Waals surface area contributed by atoms with Gasteiger partial charge in [-0.05, 0) is 38.7 Å². The lowest BCUT2D eigenvalue weighted by molar-refractivity contribution is -0.136. The summed E-state index contributed by atoms with van der Waals surface area (Å²) in [6.07, 6.45) is -0.281. The Morgan fingerprint density at radius 2 is 2.09 bits per heavy atom. The van der Waals surface area contributed by atoms with Crippen molar-refractivity contribution in [1.29, 1.82) is 0 Å². The number of halogens is 3. The quantitative estimate of drug-likeness (QED) is 0.562. The molecule has 1 amide bonds. The highest BCUT2D eigenvalue weighted by atomic mass is 19.4. The van der Waals surface area contributed by atoms with Gasteiger partial charge in [-0.3, -0.25) is 9.48 Å². The number of nitrogens with zero attached hydrogens (tertiary/aromatic N) is 5. The lowest BCUT2D eigenvalue weighted by Gasteiger charge is -2.32. The number of aromatic nitrogens is 4. The van der Waals surface area contributed by atoms with Crippen molar-refractivity contribution in [3.05, 3.63) is 40.5 Å². The number of aryl methyl sites for hydroxylation is 3.